The fraction of sp³-hybridized carbons (Fsp3) is 0.538. The van der Waals surface area contributed by atoms with Crippen molar-refractivity contribution in [1.82, 2.24) is 9.88 Å². The first kappa shape index (κ1) is 14.4. The molecule has 100 valence electrons. The number of aliphatic hydroxyl groups is 1. The lowest BCUT2D eigenvalue weighted by molar-refractivity contribution is 0.0827. The second-order valence-electron chi connectivity index (χ2n) is 4.46. The van der Waals surface area contributed by atoms with E-state index in [-0.39, 0.29) is 12.0 Å². The number of amides is 1. The molecule has 1 aromatic heterocycles. The molecule has 0 bridgehead atoms. The molecule has 0 saturated heterocycles. The zero-order chi connectivity index (χ0) is 13.5. The fourth-order valence-corrected chi connectivity index (χ4v) is 1.54. The van der Waals surface area contributed by atoms with E-state index in [2.05, 4.69) is 10.3 Å². The van der Waals surface area contributed by atoms with Crippen LogP contribution < -0.4 is 5.32 Å². The molecule has 1 aromatic rings. The molecule has 18 heavy (non-hydrogen) atoms. The summed E-state index contributed by atoms with van der Waals surface area (Å²) in [5, 5.41) is 12.6. The zero-order valence-electron chi connectivity index (χ0n) is 11.2. The number of aromatic nitrogens is 1. The number of pyridine rings is 1. The van der Waals surface area contributed by atoms with Gasteiger partial charge in [0.2, 0.25) is 0 Å². The highest BCUT2D eigenvalue weighted by Gasteiger charge is 2.08. The number of nitrogens with one attached hydrogen (secondary N) is 1. The molecule has 1 rings (SSSR count). The van der Waals surface area contributed by atoms with Crippen molar-refractivity contribution in [1.29, 1.82) is 0 Å². The van der Waals surface area contributed by atoms with Crippen molar-refractivity contribution in [2.75, 3.05) is 26.0 Å². The predicted molar refractivity (Wildman–Crippen MR) is 71.7 cm³/mol. The van der Waals surface area contributed by atoms with Gasteiger partial charge in [-0.1, -0.05) is 13.3 Å². The van der Waals surface area contributed by atoms with E-state index < -0.39 is 0 Å². The summed E-state index contributed by atoms with van der Waals surface area (Å²) in [6.45, 7) is 2.50. The Bertz CT molecular complexity index is 376. The molecule has 0 aliphatic heterocycles. The second-order valence-corrected chi connectivity index (χ2v) is 4.46. The molecular formula is C13H21N3O2. The van der Waals surface area contributed by atoms with Gasteiger partial charge >= 0.3 is 0 Å². The molecule has 2 N–H and O–H groups in total. The maximum absolute atomic E-state index is 11.6. The van der Waals surface area contributed by atoms with E-state index in [1.807, 2.05) is 6.92 Å². The third-order valence-electron chi connectivity index (χ3n) is 2.56. The Labute approximate surface area is 108 Å². The topological polar surface area (TPSA) is 65.5 Å². The van der Waals surface area contributed by atoms with Crippen LogP contribution >= 0.6 is 0 Å². The molecule has 0 aromatic carbocycles. The van der Waals surface area contributed by atoms with E-state index in [1.54, 1.807) is 26.2 Å². The van der Waals surface area contributed by atoms with Crippen molar-refractivity contribution in [3.63, 3.8) is 0 Å². The number of carbonyl (C=O) groups excluding carboxylic acids is 1. The van der Waals surface area contributed by atoms with Gasteiger partial charge in [-0.25, -0.2) is 4.98 Å². The van der Waals surface area contributed by atoms with Crippen LogP contribution in [0.4, 0.5) is 5.82 Å². The number of nitrogens with zero attached hydrogens (tertiary/aromatic N) is 2. The monoisotopic (exact) mass is 251 g/mol. The average Bonchev–Trinajstić information content (AvgIpc) is 2.36. The third-order valence-corrected chi connectivity index (χ3v) is 2.56. The standard InChI is InChI=1S/C13H21N3O2/c1-4-5-11(17)9-15-12-7-6-10(8-14-12)13(18)16(2)3/h6-8,11,17H,4-5,9H2,1-3H3,(H,14,15). The number of hydrogen-bond acceptors (Lipinski definition) is 4. The molecule has 0 spiro atoms. The average molecular weight is 251 g/mol. The molecule has 0 aliphatic rings. The number of hydrogen-bond donors (Lipinski definition) is 2. The highest BCUT2D eigenvalue weighted by atomic mass is 16.3. The van der Waals surface area contributed by atoms with E-state index >= 15 is 0 Å². The van der Waals surface area contributed by atoms with Crippen LogP contribution in [-0.4, -0.2) is 47.6 Å². The quantitative estimate of drug-likeness (QED) is 0.801. The van der Waals surface area contributed by atoms with E-state index in [0.717, 1.165) is 12.8 Å². The molecule has 5 heteroatoms. The van der Waals surface area contributed by atoms with Crippen LogP contribution in [0.15, 0.2) is 18.3 Å². The van der Waals surface area contributed by atoms with Gasteiger partial charge in [-0.2, -0.15) is 0 Å². The lowest BCUT2D eigenvalue weighted by Gasteiger charge is -2.12. The summed E-state index contributed by atoms with van der Waals surface area (Å²) in [6, 6.07) is 3.47. The Balaban J connectivity index is 2.53. The van der Waals surface area contributed by atoms with Crippen LogP contribution in [0, 0.1) is 0 Å². The molecule has 1 unspecified atom stereocenters. The van der Waals surface area contributed by atoms with Crippen molar-refractivity contribution >= 4 is 11.7 Å². The number of aliphatic hydroxyl groups excluding tert-OH is 1. The van der Waals surface area contributed by atoms with Crippen LogP contribution in [0.5, 0.6) is 0 Å². The summed E-state index contributed by atoms with van der Waals surface area (Å²) >= 11 is 0. The Morgan fingerprint density at radius 3 is 2.72 bits per heavy atom. The lowest BCUT2D eigenvalue weighted by Crippen LogP contribution is -2.22. The molecule has 0 radical (unpaired) electrons. The number of anilines is 1. The predicted octanol–water partition coefficient (Wildman–Crippen LogP) is 1.36. The fourth-order valence-electron chi connectivity index (χ4n) is 1.54. The number of rotatable bonds is 6. The Hall–Kier alpha value is -1.62. The van der Waals surface area contributed by atoms with E-state index in [1.165, 1.54) is 11.1 Å². The van der Waals surface area contributed by atoms with Crippen molar-refractivity contribution in [2.45, 2.75) is 25.9 Å². The molecule has 5 nitrogen and oxygen atoms in total. The summed E-state index contributed by atoms with van der Waals surface area (Å²) in [5.74, 6) is 0.598. The second kappa shape index (κ2) is 6.96. The molecular weight excluding hydrogens is 230 g/mol. The molecule has 0 saturated carbocycles. The van der Waals surface area contributed by atoms with Gasteiger partial charge in [-0.15, -0.1) is 0 Å². The maximum Gasteiger partial charge on any atom is 0.254 e. The Morgan fingerprint density at radius 1 is 1.50 bits per heavy atom. The van der Waals surface area contributed by atoms with Gasteiger partial charge in [0.05, 0.1) is 11.7 Å². The highest BCUT2D eigenvalue weighted by molar-refractivity contribution is 5.93. The van der Waals surface area contributed by atoms with Gasteiger partial charge in [0.15, 0.2) is 0 Å². The van der Waals surface area contributed by atoms with Gasteiger partial charge in [0, 0.05) is 26.8 Å². The summed E-state index contributed by atoms with van der Waals surface area (Å²) in [7, 11) is 3.41. The first-order valence-electron chi connectivity index (χ1n) is 6.14. The largest absolute Gasteiger partial charge is 0.391 e. The molecule has 0 fully saturated rings. The van der Waals surface area contributed by atoms with Gasteiger partial charge in [0.1, 0.15) is 5.82 Å². The summed E-state index contributed by atoms with van der Waals surface area (Å²) in [5.41, 5.74) is 0.555. The minimum atomic E-state index is -0.361. The normalized spacial score (nSPS) is 12.0. The van der Waals surface area contributed by atoms with E-state index in [4.69, 9.17) is 0 Å². The smallest absolute Gasteiger partial charge is 0.254 e. The molecule has 1 amide bonds. The molecule has 1 atom stereocenters. The van der Waals surface area contributed by atoms with Crippen molar-refractivity contribution < 1.29 is 9.90 Å². The van der Waals surface area contributed by atoms with Crippen LogP contribution in [0.3, 0.4) is 0 Å². The summed E-state index contributed by atoms with van der Waals surface area (Å²) in [6.07, 6.45) is 2.90. The minimum absolute atomic E-state index is 0.0694. The van der Waals surface area contributed by atoms with E-state index in [9.17, 15) is 9.90 Å². The van der Waals surface area contributed by atoms with Gasteiger partial charge < -0.3 is 15.3 Å². The first-order chi connectivity index (χ1) is 8.54. The van der Waals surface area contributed by atoms with Crippen molar-refractivity contribution in [3.8, 4) is 0 Å². The van der Waals surface area contributed by atoms with Crippen molar-refractivity contribution in [2.24, 2.45) is 0 Å². The van der Waals surface area contributed by atoms with Gasteiger partial charge in [-0.05, 0) is 18.6 Å². The Kier molecular flexibility index (Phi) is 5.58. The summed E-state index contributed by atoms with van der Waals surface area (Å²) in [4.78, 5) is 17.3. The Morgan fingerprint density at radius 2 is 2.22 bits per heavy atom. The molecule has 0 aliphatic carbocycles. The zero-order valence-corrected chi connectivity index (χ0v) is 11.2. The van der Waals surface area contributed by atoms with Gasteiger partial charge in [-0.3, -0.25) is 4.79 Å². The lowest BCUT2D eigenvalue weighted by atomic mass is 10.2. The van der Waals surface area contributed by atoms with Gasteiger partial charge in [0.25, 0.3) is 5.91 Å². The SMILES string of the molecule is CCCC(O)CNc1ccc(C(=O)N(C)C)cn1. The van der Waals surface area contributed by atoms with Crippen LogP contribution in [0.25, 0.3) is 0 Å². The molecule has 1 heterocycles. The number of carbonyl (C=O) groups is 1. The third kappa shape index (κ3) is 4.33. The summed E-state index contributed by atoms with van der Waals surface area (Å²) < 4.78 is 0. The minimum Gasteiger partial charge on any atom is -0.391 e. The van der Waals surface area contributed by atoms with E-state index in [0.29, 0.717) is 17.9 Å². The van der Waals surface area contributed by atoms with Crippen LogP contribution in [0.1, 0.15) is 30.1 Å². The van der Waals surface area contributed by atoms with Crippen molar-refractivity contribution in [3.05, 3.63) is 23.9 Å². The first-order valence-corrected chi connectivity index (χ1v) is 6.14. The van der Waals surface area contributed by atoms with Crippen LogP contribution in [-0.2, 0) is 0 Å². The van der Waals surface area contributed by atoms with Crippen LogP contribution in [0.2, 0.25) is 0 Å². The highest BCUT2D eigenvalue weighted by Crippen LogP contribution is 2.07. The maximum atomic E-state index is 11.6.